The molecule has 35 heavy (non-hydrogen) atoms. The van der Waals surface area contributed by atoms with E-state index < -0.39 is 0 Å². The van der Waals surface area contributed by atoms with Gasteiger partial charge in [0.15, 0.2) is 0 Å². The van der Waals surface area contributed by atoms with Gasteiger partial charge in [-0.15, -0.1) is 0 Å². The van der Waals surface area contributed by atoms with Gasteiger partial charge in [-0.1, -0.05) is 11.6 Å². The lowest BCUT2D eigenvalue weighted by Crippen LogP contribution is -2.39. The Morgan fingerprint density at radius 3 is 2.66 bits per heavy atom. The number of aromatic nitrogens is 6. The number of anilines is 2. The van der Waals surface area contributed by atoms with Crippen molar-refractivity contribution in [1.29, 1.82) is 5.26 Å². The summed E-state index contributed by atoms with van der Waals surface area (Å²) >= 11 is 6.32. The molecule has 1 N–H and O–H groups in total. The quantitative estimate of drug-likeness (QED) is 0.465. The van der Waals surface area contributed by atoms with E-state index in [4.69, 9.17) is 16.3 Å². The fraction of sp³-hybridized carbons (Fsp3) is 0.333. The van der Waals surface area contributed by atoms with Gasteiger partial charge >= 0.3 is 0 Å². The standard InChI is InChI=1S/C24H22ClN9O/c1-14-29-20(11-26)32-24(30-14)34-5-4-17-18-10-16(25)2-3-19(18)31-21(17)22(34)15-12-27-23(28-13-15)33-6-8-35-9-7-33/h2-3,10,12-13,22,31H,4-9H2,1H3. The van der Waals surface area contributed by atoms with Crippen LogP contribution in [0.4, 0.5) is 11.9 Å². The number of nitrogens with zero attached hydrogens (tertiary/aromatic N) is 8. The van der Waals surface area contributed by atoms with Gasteiger partial charge in [0, 0.05) is 59.2 Å². The van der Waals surface area contributed by atoms with Gasteiger partial charge in [-0.25, -0.2) is 15.0 Å². The third-order valence-corrected chi connectivity index (χ3v) is 6.68. The molecule has 0 amide bonds. The highest BCUT2D eigenvalue weighted by Gasteiger charge is 2.34. The van der Waals surface area contributed by atoms with Crippen molar-refractivity contribution in [2.45, 2.75) is 19.4 Å². The van der Waals surface area contributed by atoms with Crippen molar-refractivity contribution in [3.63, 3.8) is 0 Å². The first-order chi connectivity index (χ1) is 17.1. The number of hydrogen-bond acceptors (Lipinski definition) is 9. The first kappa shape index (κ1) is 21.7. The summed E-state index contributed by atoms with van der Waals surface area (Å²) in [6, 6.07) is 7.65. The van der Waals surface area contributed by atoms with Crippen molar-refractivity contribution in [2.24, 2.45) is 0 Å². The molecule has 1 saturated heterocycles. The molecule has 0 spiro atoms. The number of benzene rings is 1. The minimum Gasteiger partial charge on any atom is -0.378 e. The number of nitriles is 1. The average Bonchev–Trinajstić information content (AvgIpc) is 3.26. The van der Waals surface area contributed by atoms with E-state index in [0.29, 0.717) is 42.5 Å². The molecule has 10 nitrogen and oxygen atoms in total. The van der Waals surface area contributed by atoms with Crippen molar-refractivity contribution < 1.29 is 4.74 Å². The highest BCUT2D eigenvalue weighted by atomic mass is 35.5. The lowest BCUT2D eigenvalue weighted by Gasteiger charge is -2.36. The van der Waals surface area contributed by atoms with E-state index in [1.807, 2.05) is 36.7 Å². The fourth-order valence-electron chi connectivity index (χ4n) is 4.87. The number of ether oxygens (including phenoxy) is 1. The largest absolute Gasteiger partial charge is 0.378 e. The highest BCUT2D eigenvalue weighted by molar-refractivity contribution is 6.31. The lowest BCUT2D eigenvalue weighted by atomic mass is 9.94. The maximum atomic E-state index is 9.43. The maximum absolute atomic E-state index is 9.43. The van der Waals surface area contributed by atoms with Gasteiger partial charge in [0.25, 0.3) is 0 Å². The van der Waals surface area contributed by atoms with Crippen LogP contribution in [-0.2, 0) is 11.2 Å². The Morgan fingerprint density at radius 2 is 1.89 bits per heavy atom. The monoisotopic (exact) mass is 487 g/mol. The van der Waals surface area contributed by atoms with Crippen LogP contribution in [0.15, 0.2) is 30.6 Å². The molecule has 2 aliphatic rings. The molecule has 6 rings (SSSR count). The zero-order valence-corrected chi connectivity index (χ0v) is 19.8. The van der Waals surface area contributed by atoms with Crippen molar-refractivity contribution in [3.05, 3.63) is 64.1 Å². The number of rotatable bonds is 3. The summed E-state index contributed by atoms with van der Waals surface area (Å²) in [5.41, 5.74) is 4.14. The average molecular weight is 488 g/mol. The molecule has 2 aliphatic heterocycles. The molecular weight excluding hydrogens is 466 g/mol. The van der Waals surface area contributed by atoms with Crippen molar-refractivity contribution in [3.8, 4) is 6.07 Å². The van der Waals surface area contributed by atoms with Crippen LogP contribution in [0, 0.1) is 18.3 Å². The van der Waals surface area contributed by atoms with Crippen LogP contribution in [0.3, 0.4) is 0 Å². The number of fused-ring (bicyclic) bond motifs is 3. The second kappa shape index (κ2) is 8.76. The van der Waals surface area contributed by atoms with Crippen molar-refractivity contribution in [1.82, 2.24) is 29.9 Å². The van der Waals surface area contributed by atoms with Crippen LogP contribution in [0.5, 0.6) is 0 Å². The molecule has 11 heteroatoms. The molecular formula is C24H22ClN9O. The second-order valence-corrected chi connectivity index (χ2v) is 9.02. The molecule has 1 atom stereocenters. The van der Waals surface area contributed by atoms with Gasteiger partial charge < -0.3 is 19.5 Å². The Kier molecular flexibility index (Phi) is 5.43. The zero-order valence-electron chi connectivity index (χ0n) is 19.1. The molecule has 1 fully saturated rings. The molecule has 5 heterocycles. The van der Waals surface area contributed by atoms with E-state index in [0.717, 1.165) is 41.7 Å². The van der Waals surface area contributed by atoms with Gasteiger partial charge in [0.2, 0.25) is 17.7 Å². The summed E-state index contributed by atoms with van der Waals surface area (Å²) in [5.74, 6) is 1.74. The van der Waals surface area contributed by atoms with Gasteiger partial charge in [-0.2, -0.15) is 15.2 Å². The predicted octanol–water partition coefficient (Wildman–Crippen LogP) is 2.97. The first-order valence-corrected chi connectivity index (χ1v) is 11.8. The highest BCUT2D eigenvalue weighted by Crippen LogP contribution is 2.40. The van der Waals surface area contributed by atoms with Gasteiger partial charge in [0.05, 0.1) is 13.2 Å². The lowest BCUT2D eigenvalue weighted by molar-refractivity contribution is 0.122. The van der Waals surface area contributed by atoms with Crippen LogP contribution in [0.2, 0.25) is 5.02 Å². The Morgan fingerprint density at radius 1 is 1.09 bits per heavy atom. The number of hydrogen-bond donors (Lipinski definition) is 1. The van der Waals surface area contributed by atoms with E-state index in [-0.39, 0.29) is 11.9 Å². The first-order valence-electron chi connectivity index (χ1n) is 11.4. The summed E-state index contributed by atoms with van der Waals surface area (Å²) in [6.45, 7) is 5.29. The normalized spacial score (nSPS) is 17.9. The van der Waals surface area contributed by atoms with Gasteiger partial charge in [-0.3, -0.25) is 0 Å². The van der Waals surface area contributed by atoms with Crippen LogP contribution in [-0.4, -0.2) is 62.8 Å². The molecule has 0 saturated carbocycles. The summed E-state index contributed by atoms with van der Waals surface area (Å²) in [7, 11) is 0. The summed E-state index contributed by atoms with van der Waals surface area (Å²) in [5, 5.41) is 11.2. The Bertz CT molecular complexity index is 1440. The Balaban J connectivity index is 1.47. The third-order valence-electron chi connectivity index (χ3n) is 6.45. The van der Waals surface area contributed by atoms with E-state index >= 15 is 0 Å². The smallest absolute Gasteiger partial charge is 0.237 e. The van der Waals surface area contributed by atoms with Crippen LogP contribution in [0.25, 0.3) is 10.9 Å². The molecule has 3 aromatic heterocycles. The molecule has 0 bridgehead atoms. The molecule has 1 aromatic carbocycles. The minimum absolute atomic E-state index is 0.0967. The minimum atomic E-state index is -0.267. The van der Waals surface area contributed by atoms with Crippen molar-refractivity contribution >= 4 is 34.4 Å². The Hall–Kier alpha value is -3.81. The van der Waals surface area contributed by atoms with Crippen LogP contribution < -0.4 is 9.80 Å². The van der Waals surface area contributed by atoms with E-state index in [1.165, 1.54) is 5.56 Å². The van der Waals surface area contributed by atoms with Crippen LogP contribution in [0.1, 0.15) is 34.5 Å². The number of morpholine rings is 1. The molecule has 0 radical (unpaired) electrons. The number of halogens is 1. The number of aromatic amines is 1. The Labute approximate surface area is 206 Å². The second-order valence-electron chi connectivity index (χ2n) is 8.59. The summed E-state index contributed by atoms with van der Waals surface area (Å²) < 4.78 is 5.45. The number of aryl methyl sites for hydroxylation is 1. The van der Waals surface area contributed by atoms with E-state index in [9.17, 15) is 5.26 Å². The summed E-state index contributed by atoms with van der Waals surface area (Å²) in [6.07, 6.45) is 4.50. The predicted molar refractivity (Wildman–Crippen MR) is 131 cm³/mol. The molecule has 176 valence electrons. The van der Waals surface area contributed by atoms with Gasteiger partial charge in [-0.05, 0) is 37.1 Å². The SMILES string of the molecule is Cc1nc(C#N)nc(N2CCc3c([nH]c4ccc(Cl)cc34)C2c2cnc(N3CCOCC3)nc2)n1. The summed E-state index contributed by atoms with van der Waals surface area (Å²) in [4.78, 5) is 30.3. The topological polar surface area (TPSA) is 120 Å². The third kappa shape index (κ3) is 3.92. The number of nitrogens with one attached hydrogen (secondary N) is 1. The maximum Gasteiger partial charge on any atom is 0.237 e. The fourth-order valence-corrected chi connectivity index (χ4v) is 5.04. The van der Waals surface area contributed by atoms with Crippen LogP contribution >= 0.6 is 11.6 Å². The van der Waals surface area contributed by atoms with Gasteiger partial charge in [0.1, 0.15) is 17.9 Å². The van der Waals surface area contributed by atoms with Crippen molar-refractivity contribution in [2.75, 3.05) is 42.6 Å². The zero-order chi connectivity index (χ0) is 23.9. The number of H-pyrrole nitrogens is 1. The molecule has 1 unspecified atom stereocenters. The van der Waals surface area contributed by atoms with E-state index in [1.54, 1.807) is 6.92 Å². The van der Waals surface area contributed by atoms with E-state index in [2.05, 4.69) is 39.7 Å². The molecule has 4 aromatic rings. The molecule has 0 aliphatic carbocycles.